The molecule has 0 unspecified atom stereocenters. The van der Waals surface area contributed by atoms with E-state index in [1.54, 1.807) is 0 Å². The van der Waals surface area contributed by atoms with Crippen LogP contribution in [0.25, 0.3) is 0 Å². The topological polar surface area (TPSA) is 47.6 Å². The summed E-state index contributed by atoms with van der Waals surface area (Å²) in [7, 11) is 0. The molecule has 0 bridgehead atoms. The Morgan fingerprint density at radius 3 is 2.67 bits per heavy atom. The predicted molar refractivity (Wildman–Crippen MR) is 79.1 cm³/mol. The van der Waals surface area contributed by atoms with Crippen LogP contribution in [0.5, 0.6) is 11.5 Å². The van der Waals surface area contributed by atoms with Crippen LogP contribution in [0.15, 0.2) is 18.2 Å². The zero-order valence-electron chi connectivity index (χ0n) is 12.4. The molecule has 4 nitrogen and oxygen atoms in total. The molecule has 4 rings (SSSR count). The number of fused-ring (bicyclic) bond motifs is 2. The van der Waals surface area contributed by atoms with E-state index in [-0.39, 0.29) is 5.56 Å². The van der Waals surface area contributed by atoms with Gasteiger partial charge < -0.3 is 14.8 Å². The minimum Gasteiger partial charge on any atom is -0.493 e. The fourth-order valence-electron chi connectivity index (χ4n) is 3.03. The number of benzene rings is 2. The number of hydrogen-bond donors (Lipinski definition) is 1. The Morgan fingerprint density at radius 2 is 1.83 bits per heavy atom. The molecular formula is C17H12F3NO3. The lowest BCUT2D eigenvalue weighted by Crippen LogP contribution is -2.17. The molecule has 0 saturated carbocycles. The minimum absolute atomic E-state index is 0.265. The van der Waals surface area contributed by atoms with Crippen LogP contribution in [0.3, 0.4) is 0 Å². The molecule has 0 saturated heterocycles. The van der Waals surface area contributed by atoms with Crippen molar-refractivity contribution in [3.63, 3.8) is 0 Å². The number of anilines is 1. The highest BCUT2D eigenvalue weighted by atomic mass is 19.2. The van der Waals surface area contributed by atoms with Gasteiger partial charge >= 0.3 is 0 Å². The van der Waals surface area contributed by atoms with Crippen LogP contribution < -0.4 is 14.8 Å². The van der Waals surface area contributed by atoms with Crippen LogP contribution in [-0.2, 0) is 12.8 Å². The van der Waals surface area contributed by atoms with Crippen molar-refractivity contribution in [2.24, 2.45) is 0 Å². The summed E-state index contributed by atoms with van der Waals surface area (Å²) in [5.74, 6) is -3.97. The van der Waals surface area contributed by atoms with Crippen LogP contribution in [0, 0.1) is 17.5 Å². The van der Waals surface area contributed by atoms with Gasteiger partial charge in [0.25, 0.3) is 5.91 Å². The first-order valence-electron chi connectivity index (χ1n) is 7.45. The molecule has 0 atom stereocenters. The average Bonchev–Trinajstić information content (AvgIpc) is 3.21. The Kier molecular flexibility index (Phi) is 3.37. The number of carbonyl (C=O) groups is 1. The molecule has 2 aliphatic rings. The van der Waals surface area contributed by atoms with Gasteiger partial charge in [0.1, 0.15) is 11.5 Å². The third-order valence-corrected chi connectivity index (χ3v) is 4.16. The van der Waals surface area contributed by atoms with Crippen molar-refractivity contribution in [3.8, 4) is 11.5 Å². The van der Waals surface area contributed by atoms with E-state index in [1.807, 2.05) is 6.07 Å². The maximum Gasteiger partial charge on any atom is 0.259 e. The summed E-state index contributed by atoms with van der Waals surface area (Å²) in [6.07, 6.45) is 1.17. The predicted octanol–water partition coefficient (Wildman–Crippen LogP) is 3.23. The molecule has 0 spiro atoms. The monoisotopic (exact) mass is 335 g/mol. The quantitative estimate of drug-likeness (QED) is 0.857. The molecule has 7 heteroatoms. The number of nitrogens with one attached hydrogen (secondary N) is 1. The second-order valence-corrected chi connectivity index (χ2v) is 5.59. The lowest BCUT2D eigenvalue weighted by Gasteiger charge is -2.13. The van der Waals surface area contributed by atoms with E-state index in [4.69, 9.17) is 9.47 Å². The van der Waals surface area contributed by atoms with E-state index in [9.17, 15) is 18.0 Å². The van der Waals surface area contributed by atoms with E-state index in [2.05, 4.69) is 5.32 Å². The second kappa shape index (κ2) is 5.43. The van der Waals surface area contributed by atoms with Crippen molar-refractivity contribution < 1.29 is 27.4 Å². The van der Waals surface area contributed by atoms with Crippen molar-refractivity contribution in [1.29, 1.82) is 0 Å². The molecule has 0 radical (unpaired) electrons. The molecule has 124 valence electrons. The van der Waals surface area contributed by atoms with Crippen LogP contribution >= 0.6 is 0 Å². The summed E-state index contributed by atoms with van der Waals surface area (Å²) in [4.78, 5) is 12.7. The van der Waals surface area contributed by atoms with E-state index >= 15 is 0 Å². The van der Waals surface area contributed by atoms with Gasteiger partial charge in [0, 0.05) is 24.0 Å². The largest absolute Gasteiger partial charge is 0.493 e. The second-order valence-electron chi connectivity index (χ2n) is 5.59. The Labute approximate surface area is 135 Å². The van der Waals surface area contributed by atoms with Gasteiger partial charge in [0.15, 0.2) is 17.5 Å². The first kappa shape index (κ1) is 14.9. The van der Waals surface area contributed by atoms with Crippen molar-refractivity contribution in [3.05, 3.63) is 52.3 Å². The van der Waals surface area contributed by atoms with Gasteiger partial charge in [0.05, 0.1) is 24.5 Å². The van der Waals surface area contributed by atoms with Gasteiger partial charge in [0.2, 0.25) is 0 Å². The van der Waals surface area contributed by atoms with Crippen molar-refractivity contribution >= 4 is 11.6 Å². The summed E-state index contributed by atoms with van der Waals surface area (Å²) in [6, 6.07) is 3.58. The Bertz CT molecular complexity index is 835. The van der Waals surface area contributed by atoms with Crippen molar-refractivity contribution in [1.82, 2.24) is 0 Å². The molecule has 2 heterocycles. The first-order valence-corrected chi connectivity index (χ1v) is 7.45. The third-order valence-electron chi connectivity index (χ3n) is 4.16. The summed E-state index contributed by atoms with van der Waals surface area (Å²) >= 11 is 0. The molecule has 0 aliphatic carbocycles. The molecule has 2 aromatic rings. The van der Waals surface area contributed by atoms with E-state index in [1.165, 1.54) is 0 Å². The third kappa shape index (κ3) is 2.19. The van der Waals surface area contributed by atoms with Crippen LogP contribution in [0.4, 0.5) is 18.9 Å². The Morgan fingerprint density at radius 1 is 1.04 bits per heavy atom. The van der Waals surface area contributed by atoms with Crippen molar-refractivity contribution in [2.75, 3.05) is 18.5 Å². The number of ether oxygens (including phenoxy) is 2. The first-order chi connectivity index (χ1) is 11.6. The van der Waals surface area contributed by atoms with E-state index in [0.717, 1.165) is 17.7 Å². The van der Waals surface area contributed by atoms with Gasteiger partial charge in [-0.15, -0.1) is 0 Å². The number of carbonyl (C=O) groups excluding carboxylic acids is 1. The summed E-state index contributed by atoms with van der Waals surface area (Å²) in [5.41, 5.74) is 1.35. The Balaban J connectivity index is 1.75. The summed E-state index contributed by atoms with van der Waals surface area (Å²) < 4.78 is 51.2. The SMILES string of the molecule is O=C(Nc1ccc(F)c(F)c1F)c1c2c(cc3c1OCC3)OCC2. The minimum atomic E-state index is -1.63. The fourth-order valence-corrected chi connectivity index (χ4v) is 3.03. The lowest BCUT2D eigenvalue weighted by atomic mass is 9.99. The van der Waals surface area contributed by atoms with E-state index < -0.39 is 29.0 Å². The molecule has 1 N–H and O–H groups in total. The van der Waals surface area contributed by atoms with Crippen LogP contribution in [-0.4, -0.2) is 19.1 Å². The van der Waals surface area contributed by atoms with Gasteiger partial charge in [-0.05, 0) is 18.2 Å². The molecule has 0 fully saturated rings. The summed E-state index contributed by atoms with van der Waals surface area (Å²) in [5, 5.41) is 2.30. The van der Waals surface area contributed by atoms with Gasteiger partial charge in [-0.2, -0.15) is 0 Å². The highest BCUT2D eigenvalue weighted by Crippen LogP contribution is 2.41. The fraction of sp³-hybridized carbons (Fsp3) is 0.235. The molecule has 0 aromatic heterocycles. The zero-order valence-corrected chi connectivity index (χ0v) is 12.4. The maximum atomic E-state index is 13.8. The zero-order chi connectivity index (χ0) is 16.8. The van der Waals surface area contributed by atoms with Gasteiger partial charge in [-0.1, -0.05) is 0 Å². The highest BCUT2D eigenvalue weighted by Gasteiger charge is 2.30. The molecule has 24 heavy (non-hydrogen) atoms. The average molecular weight is 335 g/mol. The Hall–Kier alpha value is -2.70. The number of rotatable bonds is 2. The molecular weight excluding hydrogens is 323 g/mol. The highest BCUT2D eigenvalue weighted by molar-refractivity contribution is 6.08. The maximum absolute atomic E-state index is 13.8. The van der Waals surface area contributed by atoms with Crippen LogP contribution in [0.2, 0.25) is 0 Å². The number of amides is 1. The van der Waals surface area contributed by atoms with E-state index in [0.29, 0.717) is 43.1 Å². The number of hydrogen-bond acceptors (Lipinski definition) is 3. The summed E-state index contributed by atoms with van der Waals surface area (Å²) in [6.45, 7) is 0.885. The smallest absolute Gasteiger partial charge is 0.259 e. The standard InChI is InChI=1S/C17H12F3NO3/c18-10-1-2-11(15(20)14(10)19)21-17(22)13-9-4-6-23-12(9)7-8-3-5-24-16(8)13/h1-2,7H,3-6H2,(H,21,22). The molecule has 2 aliphatic heterocycles. The lowest BCUT2D eigenvalue weighted by molar-refractivity contribution is 0.102. The van der Waals surface area contributed by atoms with Gasteiger partial charge in [-0.25, -0.2) is 13.2 Å². The molecule has 1 amide bonds. The van der Waals surface area contributed by atoms with Gasteiger partial charge in [-0.3, -0.25) is 4.79 Å². The van der Waals surface area contributed by atoms with Crippen LogP contribution in [0.1, 0.15) is 21.5 Å². The molecule has 2 aromatic carbocycles. The normalized spacial score (nSPS) is 14.6. The number of halogens is 3. The van der Waals surface area contributed by atoms with Crippen molar-refractivity contribution in [2.45, 2.75) is 12.8 Å².